The van der Waals surface area contributed by atoms with Crippen LogP contribution in [0.3, 0.4) is 0 Å². The molecular formula is C16H15F3O. The fraction of sp³-hybridized carbons (Fsp3) is 0.250. The number of hydrogen-bond donors (Lipinski definition) is 1. The van der Waals surface area contributed by atoms with Crippen molar-refractivity contribution < 1.29 is 18.3 Å². The Morgan fingerprint density at radius 1 is 0.950 bits per heavy atom. The van der Waals surface area contributed by atoms with Crippen LogP contribution in [0, 0.1) is 31.3 Å². The van der Waals surface area contributed by atoms with Gasteiger partial charge in [-0.15, -0.1) is 0 Å². The summed E-state index contributed by atoms with van der Waals surface area (Å²) in [6.07, 6.45) is -1.28. The van der Waals surface area contributed by atoms with E-state index in [1.165, 1.54) is 0 Å². The number of aliphatic hydroxyl groups is 1. The average molecular weight is 280 g/mol. The minimum absolute atomic E-state index is 0.0700. The molecule has 20 heavy (non-hydrogen) atoms. The Morgan fingerprint density at radius 3 is 2.10 bits per heavy atom. The second-order valence-corrected chi connectivity index (χ2v) is 4.92. The van der Waals surface area contributed by atoms with Crippen LogP contribution in [0.5, 0.6) is 0 Å². The number of hydrogen-bond acceptors (Lipinski definition) is 1. The number of halogens is 3. The van der Waals surface area contributed by atoms with Crippen LogP contribution >= 0.6 is 0 Å². The van der Waals surface area contributed by atoms with Crippen molar-refractivity contribution >= 4 is 0 Å². The fourth-order valence-corrected chi connectivity index (χ4v) is 2.13. The van der Waals surface area contributed by atoms with Gasteiger partial charge in [0, 0.05) is 18.6 Å². The van der Waals surface area contributed by atoms with Gasteiger partial charge in [-0.05, 0) is 30.5 Å². The maximum Gasteiger partial charge on any atom is 0.134 e. The third-order valence-corrected chi connectivity index (χ3v) is 3.38. The van der Waals surface area contributed by atoms with E-state index in [9.17, 15) is 18.3 Å². The standard InChI is InChI=1S/C16H15F3O/c1-9-3-4-11(5-10(9)2)6-15(20)16-13(18)7-12(17)8-14(16)19/h3-5,7-8,15,20H,6H2,1-2H3. The van der Waals surface area contributed by atoms with Gasteiger partial charge in [0.2, 0.25) is 0 Å². The maximum absolute atomic E-state index is 13.6. The zero-order chi connectivity index (χ0) is 14.9. The minimum Gasteiger partial charge on any atom is -0.388 e. The SMILES string of the molecule is Cc1ccc(CC(O)c2c(F)cc(F)cc2F)cc1C. The second-order valence-electron chi connectivity index (χ2n) is 4.92. The monoisotopic (exact) mass is 280 g/mol. The number of rotatable bonds is 3. The zero-order valence-corrected chi connectivity index (χ0v) is 11.3. The number of aliphatic hydroxyl groups excluding tert-OH is 1. The largest absolute Gasteiger partial charge is 0.388 e. The lowest BCUT2D eigenvalue weighted by molar-refractivity contribution is 0.168. The van der Waals surface area contributed by atoms with Gasteiger partial charge in [-0.3, -0.25) is 0 Å². The molecule has 0 heterocycles. The number of benzene rings is 2. The van der Waals surface area contributed by atoms with Gasteiger partial charge in [-0.1, -0.05) is 18.2 Å². The molecule has 1 N–H and O–H groups in total. The first-order valence-corrected chi connectivity index (χ1v) is 6.27. The molecule has 0 aliphatic carbocycles. The molecule has 0 spiro atoms. The molecule has 0 fully saturated rings. The molecule has 2 rings (SSSR count). The van der Waals surface area contributed by atoms with Crippen molar-refractivity contribution in [1.29, 1.82) is 0 Å². The van der Waals surface area contributed by atoms with Gasteiger partial charge in [-0.2, -0.15) is 0 Å². The van der Waals surface area contributed by atoms with E-state index in [0.717, 1.165) is 16.7 Å². The molecule has 0 radical (unpaired) electrons. The third-order valence-electron chi connectivity index (χ3n) is 3.38. The van der Waals surface area contributed by atoms with Crippen LogP contribution in [0.1, 0.15) is 28.4 Å². The summed E-state index contributed by atoms with van der Waals surface area (Å²) in [4.78, 5) is 0. The quantitative estimate of drug-likeness (QED) is 0.901. The van der Waals surface area contributed by atoms with E-state index >= 15 is 0 Å². The summed E-state index contributed by atoms with van der Waals surface area (Å²) >= 11 is 0. The van der Waals surface area contributed by atoms with Crippen LogP contribution in [-0.2, 0) is 6.42 Å². The molecular weight excluding hydrogens is 265 g/mol. The third kappa shape index (κ3) is 3.02. The molecule has 0 aliphatic rings. The maximum atomic E-state index is 13.6. The minimum atomic E-state index is -1.35. The first kappa shape index (κ1) is 14.6. The van der Waals surface area contributed by atoms with Gasteiger partial charge in [0.1, 0.15) is 17.5 Å². The highest BCUT2D eigenvalue weighted by atomic mass is 19.1. The molecule has 1 unspecified atom stereocenters. The Bertz CT molecular complexity index is 615. The molecule has 1 nitrogen and oxygen atoms in total. The summed E-state index contributed by atoms with van der Waals surface area (Å²) in [5.41, 5.74) is 2.41. The molecule has 0 saturated heterocycles. The molecule has 0 saturated carbocycles. The summed E-state index contributed by atoms with van der Waals surface area (Å²) in [6.45, 7) is 3.87. The van der Waals surface area contributed by atoms with Crippen molar-refractivity contribution in [1.82, 2.24) is 0 Å². The summed E-state index contributed by atoms with van der Waals surface area (Å²) in [5, 5.41) is 9.98. The van der Waals surface area contributed by atoms with Crippen LogP contribution in [-0.4, -0.2) is 5.11 Å². The normalized spacial score (nSPS) is 12.5. The summed E-state index contributed by atoms with van der Waals surface area (Å²) < 4.78 is 40.0. The Morgan fingerprint density at radius 2 is 1.55 bits per heavy atom. The smallest absolute Gasteiger partial charge is 0.134 e. The van der Waals surface area contributed by atoms with Crippen molar-refractivity contribution in [3.63, 3.8) is 0 Å². The highest BCUT2D eigenvalue weighted by Crippen LogP contribution is 2.25. The van der Waals surface area contributed by atoms with Crippen LogP contribution in [0.2, 0.25) is 0 Å². The van der Waals surface area contributed by atoms with E-state index in [4.69, 9.17) is 0 Å². The lowest BCUT2D eigenvalue weighted by Crippen LogP contribution is -2.08. The van der Waals surface area contributed by atoms with Crippen molar-refractivity contribution in [2.24, 2.45) is 0 Å². The molecule has 0 aliphatic heterocycles. The first-order chi connectivity index (χ1) is 9.38. The van der Waals surface area contributed by atoms with Crippen molar-refractivity contribution in [3.8, 4) is 0 Å². The number of aryl methyl sites for hydroxylation is 2. The van der Waals surface area contributed by atoms with Crippen LogP contribution in [0.4, 0.5) is 13.2 Å². The van der Waals surface area contributed by atoms with Gasteiger partial charge >= 0.3 is 0 Å². The Hall–Kier alpha value is -1.81. The van der Waals surface area contributed by atoms with Crippen molar-refractivity contribution in [2.45, 2.75) is 26.4 Å². The highest BCUT2D eigenvalue weighted by molar-refractivity contribution is 5.32. The van der Waals surface area contributed by atoms with E-state index < -0.39 is 29.1 Å². The fourth-order valence-electron chi connectivity index (χ4n) is 2.13. The molecule has 4 heteroatoms. The van der Waals surface area contributed by atoms with Gasteiger partial charge < -0.3 is 5.11 Å². The summed E-state index contributed by atoms with van der Waals surface area (Å²) in [5.74, 6) is -3.14. The lowest BCUT2D eigenvalue weighted by Gasteiger charge is -2.14. The van der Waals surface area contributed by atoms with Crippen molar-refractivity contribution in [2.75, 3.05) is 0 Å². The van der Waals surface area contributed by atoms with Crippen molar-refractivity contribution in [3.05, 3.63) is 70.0 Å². The first-order valence-electron chi connectivity index (χ1n) is 6.27. The van der Waals surface area contributed by atoms with E-state index in [0.29, 0.717) is 12.1 Å². The Labute approximate surface area is 115 Å². The predicted molar refractivity (Wildman–Crippen MR) is 70.9 cm³/mol. The van der Waals surface area contributed by atoms with E-state index in [1.54, 1.807) is 6.07 Å². The molecule has 0 bridgehead atoms. The Kier molecular flexibility index (Phi) is 4.14. The van der Waals surface area contributed by atoms with E-state index in [2.05, 4.69) is 0 Å². The second kappa shape index (κ2) is 5.67. The van der Waals surface area contributed by atoms with Gasteiger partial charge in [-0.25, -0.2) is 13.2 Å². The van der Waals surface area contributed by atoms with Crippen LogP contribution in [0.25, 0.3) is 0 Å². The van der Waals surface area contributed by atoms with Gasteiger partial charge in [0.25, 0.3) is 0 Å². The molecule has 1 atom stereocenters. The molecule has 2 aromatic rings. The van der Waals surface area contributed by atoms with E-state index in [-0.39, 0.29) is 6.42 Å². The van der Waals surface area contributed by atoms with Gasteiger partial charge in [0.15, 0.2) is 0 Å². The summed E-state index contributed by atoms with van der Waals surface area (Å²) in [6, 6.07) is 6.68. The predicted octanol–water partition coefficient (Wildman–Crippen LogP) is 4.00. The zero-order valence-electron chi connectivity index (χ0n) is 11.3. The average Bonchev–Trinajstić information content (AvgIpc) is 2.32. The molecule has 0 amide bonds. The van der Waals surface area contributed by atoms with Crippen LogP contribution < -0.4 is 0 Å². The van der Waals surface area contributed by atoms with Gasteiger partial charge in [0.05, 0.1) is 11.7 Å². The molecule has 106 valence electrons. The van der Waals surface area contributed by atoms with E-state index in [1.807, 2.05) is 26.0 Å². The topological polar surface area (TPSA) is 20.2 Å². The van der Waals surface area contributed by atoms with Crippen LogP contribution in [0.15, 0.2) is 30.3 Å². The molecule has 2 aromatic carbocycles. The molecule has 0 aromatic heterocycles. The lowest BCUT2D eigenvalue weighted by atomic mass is 9.98. The summed E-state index contributed by atoms with van der Waals surface area (Å²) in [7, 11) is 0. The Balaban J connectivity index is 2.28. The highest BCUT2D eigenvalue weighted by Gasteiger charge is 2.20.